The average Bonchev–Trinajstić information content (AvgIpc) is 2.33. The summed E-state index contributed by atoms with van der Waals surface area (Å²) in [5.41, 5.74) is 0. The highest BCUT2D eigenvalue weighted by atomic mass is 14.9. The van der Waals surface area contributed by atoms with E-state index in [1.165, 1.54) is 38.6 Å². The van der Waals surface area contributed by atoms with Gasteiger partial charge in [0.2, 0.25) is 0 Å². The Labute approximate surface area is 69.6 Å². The van der Waals surface area contributed by atoms with Crippen LogP contribution >= 0.6 is 0 Å². The molecule has 0 aromatic carbocycles. The van der Waals surface area contributed by atoms with Gasteiger partial charge in [0, 0.05) is 6.04 Å². The van der Waals surface area contributed by atoms with E-state index in [-0.39, 0.29) is 0 Å². The van der Waals surface area contributed by atoms with E-state index in [4.69, 9.17) is 0 Å². The van der Waals surface area contributed by atoms with Gasteiger partial charge >= 0.3 is 0 Å². The molecule has 2 aliphatic carbocycles. The molecular weight excluding hydrogens is 134 g/mol. The zero-order valence-electron chi connectivity index (χ0n) is 7.47. The minimum atomic E-state index is 0.905. The van der Waals surface area contributed by atoms with Crippen molar-refractivity contribution in [1.82, 2.24) is 5.32 Å². The number of rotatable bonds is 3. The van der Waals surface area contributed by atoms with Crippen LogP contribution in [0.1, 0.15) is 39.0 Å². The van der Waals surface area contributed by atoms with E-state index in [9.17, 15) is 0 Å². The van der Waals surface area contributed by atoms with Crippen molar-refractivity contribution < 1.29 is 0 Å². The van der Waals surface area contributed by atoms with Gasteiger partial charge in [0.1, 0.15) is 0 Å². The van der Waals surface area contributed by atoms with Gasteiger partial charge in [-0.05, 0) is 37.6 Å². The normalized spacial score (nSPS) is 41.7. The summed E-state index contributed by atoms with van der Waals surface area (Å²) in [7, 11) is 0. The Bertz CT molecular complexity index is 133. The van der Waals surface area contributed by atoms with Crippen molar-refractivity contribution in [3.05, 3.63) is 0 Å². The van der Waals surface area contributed by atoms with Crippen molar-refractivity contribution in [2.24, 2.45) is 11.8 Å². The van der Waals surface area contributed by atoms with Crippen molar-refractivity contribution in [3.8, 4) is 0 Å². The van der Waals surface area contributed by atoms with E-state index >= 15 is 0 Å². The van der Waals surface area contributed by atoms with Crippen LogP contribution in [0.2, 0.25) is 0 Å². The summed E-state index contributed by atoms with van der Waals surface area (Å²) in [5.74, 6) is 2.19. The lowest BCUT2D eigenvalue weighted by atomic mass is 9.71. The second kappa shape index (κ2) is 3.14. The molecule has 2 saturated carbocycles. The van der Waals surface area contributed by atoms with Gasteiger partial charge in [-0.1, -0.05) is 19.8 Å². The SMILES string of the molecule is CCCNC1C[C@@H]2CCC[C@H]12. The highest BCUT2D eigenvalue weighted by molar-refractivity contribution is 4.97. The Balaban J connectivity index is 1.73. The van der Waals surface area contributed by atoms with E-state index in [0.717, 1.165) is 17.9 Å². The summed E-state index contributed by atoms with van der Waals surface area (Å²) in [6.07, 6.45) is 7.29. The van der Waals surface area contributed by atoms with Crippen LogP contribution in [0.4, 0.5) is 0 Å². The molecule has 0 aromatic rings. The summed E-state index contributed by atoms with van der Waals surface area (Å²) >= 11 is 0. The summed E-state index contributed by atoms with van der Waals surface area (Å²) in [6, 6.07) is 0.905. The predicted molar refractivity (Wildman–Crippen MR) is 47.5 cm³/mol. The van der Waals surface area contributed by atoms with E-state index in [0.29, 0.717) is 0 Å². The molecule has 1 N–H and O–H groups in total. The van der Waals surface area contributed by atoms with Gasteiger partial charge in [-0.15, -0.1) is 0 Å². The highest BCUT2D eigenvalue weighted by Gasteiger charge is 2.42. The Morgan fingerprint density at radius 1 is 1.36 bits per heavy atom. The van der Waals surface area contributed by atoms with Crippen molar-refractivity contribution in [2.75, 3.05) is 6.54 Å². The number of hydrogen-bond donors (Lipinski definition) is 1. The first-order valence-corrected chi connectivity index (χ1v) is 5.15. The summed E-state index contributed by atoms with van der Waals surface area (Å²) in [5, 5.41) is 3.64. The molecule has 2 fully saturated rings. The molecule has 0 aliphatic heterocycles. The van der Waals surface area contributed by atoms with Crippen LogP contribution in [0.25, 0.3) is 0 Å². The van der Waals surface area contributed by atoms with Crippen LogP contribution in [0, 0.1) is 11.8 Å². The monoisotopic (exact) mass is 153 g/mol. The molecule has 1 nitrogen and oxygen atoms in total. The van der Waals surface area contributed by atoms with E-state index in [1.807, 2.05) is 0 Å². The molecule has 2 aliphatic rings. The molecule has 0 spiro atoms. The molecule has 1 unspecified atom stereocenters. The first-order chi connectivity index (χ1) is 5.42. The molecule has 0 radical (unpaired) electrons. The smallest absolute Gasteiger partial charge is 0.0101 e. The van der Waals surface area contributed by atoms with Crippen LogP contribution in [0.15, 0.2) is 0 Å². The summed E-state index contributed by atoms with van der Waals surface area (Å²) < 4.78 is 0. The zero-order valence-corrected chi connectivity index (χ0v) is 7.47. The molecule has 64 valence electrons. The van der Waals surface area contributed by atoms with E-state index in [2.05, 4.69) is 12.2 Å². The molecule has 11 heavy (non-hydrogen) atoms. The third-order valence-electron chi connectivity index (χ3n) is 3.45. The van der Waals surface area contributed by atoms with E-state index < -0.39 is 0 Å². The topological polar surface area (TPSA) is 12.0 Å². The Hall–Kier alpha value is -0.0400. The summed E-state index contributed by atoms with van der Waals surface area (Å²) in [4.78, 5) is 0. The van der Waals surface area contributed by atoms with Crippen LogP contribution in [0.3, 0.4) is 0 Å². The Morgan fingerprint density at radius 2 is 2.27 bits per heavy atom. The van der Waals surface area contributed by atoms with Crippen molar-refractivity contribution in [1.29, 1.82) is 0 Å². The fourth-order valence-corrected chi connectivity index (χ4v) is 2.76. The quantitative estimate of drug-likeness (QED) is 0.655. The maximum absolute atomic E-state index is 3.64. The fraction of sp³-hybridized carbons (Fsp3) is 1.00. The highest BCUT2D eigenvalue weighted by Crippen LogP contribution is 2.46. The van der Waals surface area contributed by atoms with Gasteiger partial charge in [0.15, 0.2) is 0 Å². The average molecular weight is 153 g/mol. The van der Waals surface area contributed by atoms with Crippen molar-refractivity contribution in [2.45, 2.75) is 45.1 Å². The standard InChI is InChI=1S/C10H19N/c1-2-6-11-10-7-8-4-3-5-9(8)10/h8-11H,2-7H2,1H3/t8-,9-,10?/m0/s1. The lowest BCUT2D eigenvalue weighted by Gasteiger charge is -2.41. The summed E-state index contributed by atoms with van der Waals surface area (Å²) in [6.45, 7) is 3.48. The van der Waals surface area contributed by atoms with Gasteiger partial charge in [-0.25, -0.2) is 0 Å². The molecular formula is C10H19N. The third kappa shape index (κ3) is 1.31. The molecule has 1 heteroatoms. The zero-order chi connectivity index (χ0) is 7.68. The lowest BCUT2D eigenvalue weighted by Crippen LogP contribution is -2.48. The largest absolute Gasteiger partial charge is 0.314 e. The van der Waals surface area contributed by atoms with Crippen molar-refractivity contribution >= 4 is 0 Å². The molecule has 0 amide bonds. The minimum absolute atomic E-state index is 0.905. The first kappa shape index (κ1) is 7.60. The third-order valence-corrected chi connectivity index (χ3v) is 3.45. The molecule has 0 saturated heterocycles. The van der Waals surface area contributed by atoms with Gasteiger partial charge in [-0.2, -0.15) is 0 Å². The van der Waals surface area contributed by atoms with Crippen LogP contribution < -0.4 is 5.32 Å². The fourth-order valence-electron chi connectivity index (χ4n) is 2.76. The predicted octanol–water partition coefficient (Wildman–Crippen LogP) is 2.17. The maximum Gasteiger partial charge on any atom is 0.0101 e. The van der Waals surface area contributed by atoms with Gasteiger partial charge in [-0.3, -0.25) is 0 Å². The van der Waals surface area contributed by atoms with Crippen LogP contribution in [-0.2, 0) is 0 Å². The second-order valence-electron chi connectivity index (χ2n) is 4.15. The van der Waals surface area contributed by atoms with Crippen LogP contribution in [-0.4, -0.2) is 12.6 Å². The number of nitrogens with one attached hydrogen (secondary N) is 1. The van der Waals surface area contributed by atoms with Gasteiger partial charge in [0.25, 0.3) is 0 Å². The van der Waals surface area contributed by atoms with Gasteiger partial charge < -0.3 is 5.32 Å². The molecule has 0 bridgehead atoms. The minimum Gasteiger partial charge on any atom is -0.314 e. The molecule has 0 aromatic heterocycles. The molecule has 0 heterocycles. The molecule has 2 rings (SSSR count). The maximum atomic E-state index is 3.64. The first-order valence-electron chi connectivity index (χ1n) is 5.15. The van der Waals surface area contributed by atoms with Gasteiger partial charge in [0.05, 0.1) is 0 Å². The van der Waals surface area contributed by atoms with Crippen LogP contribution in [0.5, 0.6) is 0 Å². The van der Waals surface area contributed by atoms with Crippen molar-refractivity contribution in [3.63, 3.8) is 0 Å². The Morgan fingerprint density at radius 3 is 3.00 bits per heavy atom. The molecule has 3 atom stereocenters. The number of fused-ring (bicyclic) bond motifs is 1. The number of hydrogen-bond acceptors (Lipinski definition) is 1. The Kier molecular flexibility index (Phi) is 2.17. The second-order valence-corrected chi connectivity index (χ2v) is 4.15. The lowest BCUT2D eigenvalue weighted by molar-refractivity contribution is 0.138. The van der Waals surface area contributed by atoms with E-state index in [1.54, 1.807) is 0 Å².